The van der Waals surface area contributed by atoms with Gasteiger partial charge in [0.2, 0.25) is 0 Å². The van der Waals surface area contributed by atoms with E-state index in [2.05, 4.69) is 0 Å². The van der Waals surface area contributed by atoms with Gasteiger partial charge in [0.25, 0.3) is 0 Å². The molecule has 1 N–H and O–H groups in total. The molecule has 1 aliphatic rings. The molecule has 1 saturated heterocycles. The quantitative estimate of drug-likeness (QED) is 0.839. The van der Waals surface area contributed by atoms with E-state index in [1.807, 2.05) is 0 Å². The summed E-state index contributed by atoms with van der Waals surface area (Å²) in [5.41, 5.74) is 0.279. The van der Waals surface area contributed by atoms with Crippen molar-refractivity contribution in [2.24, 2.45) is 0 Å². The third kappa shape index (κ3) is 3.93. The van der Waals surface area contributed by atoms with Gasteiger partial charge < -0.3 is 9.84 Å². The molecule has 0 spiro atoms. The first kappa shape index (κ1) is 19.2. The van der Waals surface area contributed by atoms with Crippen LogP contribution in [0.25, 0.3) is 0 Å². The molecule has 1 fully saturated rings. The number of nitrogens with zero attached hydrogens (tertiary/aromatic N) is 1. The molecule has 2 aromatic carbocycles. The van der Waals surface area contributed by atoms with Crippen LogP contribution in [0.4, 0.5) is 13.2 Å². The number of alkyl halides is 3. The maximum absolute atomic E-state index is 13.2. The van der Waals surface area contributed by atoms with Gasteiger partial charge in [0, 0.05) is 12.1 Å². The first-order valence-electron chi connectivity index (χ1n) is 8.61. The fourth-order valence-corrected chi connectivity index (χ4v) is 3.69. The Morgan fingerprint density at radius 2 is 1.96 bits per heavy atom. The number of halogens is 3. The molecule has 0 saturated carbocycles. The Bertz CT molecular complexity index is 822. The molecule has 0 amide bonds. The van der Waals surface area contributed by atoms with Gasteiger partial charge in [-0.1, -0.05) is 30.3 Å². The second-order valence-corrected chi connectivity index (χ2v) is 6.50. The zero-order chi connectivity index (χ0) is 19.6. The molecule has 2 aromatic rings. The van der Waals surface area contributed by atoms with Crippen molar-refractivity contribution in [3.8, 4) is 5.75 Å². The van der Waals surface area contributed by atoms with Crippen LogP contribution in [0.2, 0.25) is 0 Å². The van der Waals surface area contributed by atoms with Crippen molar-refractivity contribution >= 4 is 5.97 Å². The van der Waals surface area contributed by atoms with Gasteiger partial charge in [-0.3, -0.25) is 9.69 Å². The van der Waals surface area contributed by atoms with E-state index in [0.29, 0.717) is 36.3 Å². The first-order chi connectivity index (χ1) is 12.8. The minimum absolute atomic E-state index is 0.391. The number of methoxy groups -OCH3 is 1. The van der Waals surface area contributed by atoms with Crippen LogP contribution < -0.4 is 4.74 Å². The topological polar surface area (TPSA) is 49.8 Å². The predicted molar refractivity (Wildman–Crippen MR) is 93.6 cm³/mol. The number of benzene rings is 2. The molecule has 1 heterocycles. The number of rotatable bonds is 5. The fraction of sp³-hybridized carbons (Fsp3) is 0.350. The number of likely N-dealkylation sites (tertiary alicyclic amines) is 1. The van der Waals surface area contributed by atoms with Crippen LogP contribution in [0.3, 0.4) is 0 Å². The summed E-state index contributed by atoms with van der Waals surface area (Å²) >= 11 is 0. The van der Waals surface area contributed by atoms with Crippen molar-refractivity contribution in [3.05, 3.63) is 65.2 Å². The van der Waals surface area contributed by atoms with Gasteiger partial charge in [-0.15, -0.1) is 0 Å². The van der Waals surface area contributed by atoms with E-state index < -0.39 is 29.8 Å². The summed E-state index contributed by atoms with van der Waals surface area (Å²) in [4.78, 5) is 13.5. The standard InChI is InChI=1S/C20H20F3NO3/c1-27-17-10-3-2-8-15(17)18(24-11-5-9-16(24)19(25)26)13-6-4-7-14(12-13)20(21,22)23/h2-4,6-8,10,12,16,18H,5,9,11H2,1H3,(H,25,26). The maximum Gasteiger partial charge on any atom is 0.416 e. The minimum atomic E-state index is -4.47. The molecule has 0 radical (unpaired) electrons. The summed E-state index contributed by atoms with van der Waals surface area (Å²) in [6, 6.07) is 10.7. The highest BCUT2D eigenvalue weighted by Crippen LogP contribution is 2.40. The van der Waals surface area contributed by atoms with Crippen LogP contribution in [0.15, 0.2) is 48.5 Å². The van der Waals surface area contributed by atoms with Crippen LogP contribution >= 0.6 is 0 Å². The van der Waals surface area contributed by atoms with Crippen LogP contribution in [-0.4, -0.2) is 35.7 Å². The molecule has 144 valence electrons. The molecule has 7 heteroatoms. The van der Waals surface area contributed by atoms with E-state index >= 15 is 0 Å². The number of aliphatic carboxylic acids is 1. The smallest absolute Gasteiger partial charge is 0.416 e. The Balaban J connectivity index is 2.15. The monoisotopic (exact) mass is 379 g/mol. The second-order valence-electron chi connectivity index (χ2n) is 6.50. The number of ether oxygens (including phenoxy) is 1. The van der Waals surface area contributed by atoms with Crippen molar-refractivity contribution in [1.82, 2.24) is 4.90 Å². The first-order valence-corrected chi connectivity index (χ1v) is 8.61. The summed E-state index contributed by atoms with van der Waals surface area (Å²) in [6.45, 7) is 0.482. The third-order valence-electron chi connectivity index (χ3n) is 4.87. The highest BCUT2D eigenvalue weighted by Gasteiger charge is 2.39. The molecular formula is C20H20F3NO3. The van der Waals surface area contributed by atoms with Crippen LogP contribution in [0.1, 0.15) is 35.6 Å². The number of carboxylic acids is 1. The summed E-state index contributed by atoms with van der Waals surface area (Å²) in [7, 11) is 1.49. The summed E-state index contributed by atoms with van der Waals surface area (Å²) in [5, 5.41) is 9.58. The number of para-hydroxylation sites is 1. The van der Waals surface area contributed by atoms with E-state index in [1.54, 1.807) is 35.2 Å². The maximum atomic E-state index is 13.2. The normalized spacial score (nSPS) is 19.0. The molecular weight excluding hydrogens is 359 g/mol. The summed E-state index contributed by atoms with van der Waals surface area (Å²) < 4.78 is 45.1. The Hall–Kier alpha value is -2.54. The Morgan fingerprint density at radius 3 is 2.63 bits per heavy atom. The lowest BCUT2D eigenvalue weighted by atomic mass is 9.94. The molecule has 1 aliphatic heterocycles. The van der Waals surface area contributed by atoms with E-state index in [1.165, 1.54) is 13.2 Å². The zero-order valence-corrected chi connectivity index (χ0v) is 14.7. The second kappa shape index (κ2) is 7.60. The largest absolute Gasteiger partial charge is 0.496 e. The van der Waals surface area contributed by atoms with E-state index in [-0.39, 0.29) is 0 Å². The number of carboxylic acid groups (broad SMARTS) is 1. The predicted octanol–water partition coefficient (Wildman–Crippen LogP) is 4.35. The van der Waals surface area contributed by atoms with Crippen molar-refractivity contribution < 1.29 is 27.8 Å². The van der Waals surface area contributed by atoms with Crippen molar-refractivity contribution in [2.75, 3.05) is 13.7 Å². The lowest BCUT2D eigenvalue weighted by molar-refractivity contribution is -0.143. The summed E-state index contributed by atoms with van der Waals surface area (Å²) in [5.74, 6) is -0.463. The Kier molecular flexibility index (Phi) is 5.41. The minimum Gasteiger partial charge on any atom is -0.496 e. The van der Waals surface area contributed by atoms with Crippen molar-refractivity contribution in [1.29, 1.82) is 0 Å². The number of carbonyl (C=O) groups is 1. The molecule has 2 atom stereocenters. The summed E-state index contributed by atoms with van der Waals surface area (Å²) in [6.07, 6.45) is -3.35. The van der Waals surface area contributed by atoms with Gasteiger partial charge >= 0.3 is 12.1 Å². The van der Waals surface area contributed by atoms with Gasteiger partial charge in [0.15, 0.2) is 0 Å². The zero-order valence-electron chi connectivity index (χ0n) is 14.7. The van der Waals surface area contributed by atoms with Crippen LogP contribution in [0.5, 0.6) is 5.75 Å². The van der Waals surface area contributed by atoms with Gasteiger partial charge in [-0.2, -0.15) is 13.2 Å². The van der Waals surface area contributed by atoms with Gasteiger partial charge in [0.05, 0.1) is 18.7 Å². The third-order valence-corrected chi connectivity index (χ3v) is 4.87. The Labute approximate surface area is 155 Å². The molecule has 2 unspecified atom stereocenters. The molecule has 0 aliphatic carbocycles. The highest BCUT2D eigenvalue weighted by atomic mass is 19.4. The molecule has 3 rings (SSSR count). The molecule has 4 nitrogen and oxygen atoms in total. The van der Waals surface area contributed by atoms with Gasteiger partial charge in [0.1, 0.15) is 11.8 Å². The van der Waals surface area contributed by atoms with E-state index in [9.17, 15) is 23.1 Å². The number of hydrogen-bond donors (Lipinski definition) is 1. The highest BCUT2D eigenvalue weighted by molar-refractivity contribution is 5.74. The average molecular weight is 379 g/mol. The van der Waals surface area contributed by atoms with E-state index in [0.717, 1.165) is 12.1 Å². The number of hydrogen-bond acceptors (Lipinski definition) is 3. The fourth-order valence-electron chi connectivity index (χ4n) is 3.69. The molecule has 0 bridgehead atoms. The van der Waals surface area contributed by atoms with Crippen molar-refractivity contribution in [3.63, 3.8) is 0 Å². The van der Waals surface area contributed by atoms with E-state index in [4.69, 9.17) is 4.74 Å². The molecule has 0 aromatic heterocycles. The van der Waals surface area contributed by atoms with Crippen LogP contribution in [-0.2, 0) is 11.0 Å². The average Bonchev–Trinajstić information content (AvgIpc) is 3.11. The van der Waals surface area contributed by atoms with Crippen molar-refractivity contribution in [2.45, 2.75) is 31.1 Å². The molecule has 27 heavy (non-hydrogen) atoms. The SMILES string of the molecule is COc1ccccc1C(c1cccc(C(F)(F)F)c1)N1CCCC1C(=O)O. The Morgan fingerprint density at radius 1 is 1.22 bits per heavy atom. The van der Waals surface area contributed by atoms with Gasteiger partial charge in [-0.25, -0.2) is 0 Å². The lowest BCUT2D eigenvalue weighted by Crippen LogP contribution is -2.39. The van der Waals surface area contributed by atoms with Gasteiger partial charge in [-0.05, 0) is 36.6 Å². The lowest BCUT2D eigenvalue weighted by Gasteiger charge is -2.33. The van der Waals surface area contributed by atoms with Crippen LogP contribution in [0, 0.1) is 0 Å².